The topological polar surface area (TPSA) is 481 Å². The van der Waals surface area contributed by atoms with Crippen LogP contribution >= 0.6 is 65.3 Å². The first-order valence-electron chi connectivity index (χ1n) is 29.1. The Balaban J connectivity index is -0.00000121. The summed E-state index contributed by atoms with van der Waals surface area (Å²) in [5, 5.41) is 15.6. The van der Waals surface area contributed by atoms with Crippen LogP contribution in [0.5, 0.6) is 0 Å². The number of aromatic nitrogens is 4. The largest absolute Gasteiger partial charge is 0.489 e. The van der Waals surface area contributed by atoms with Crippen molar-refractivity contribution in [2.24, 2.45) is 19.3 Å². The van der Waals surface area contributed by atoms with Gasteiger partial charge >= 0.3 is 55.3 Å². The second-order valence-corrected chi connectivity index (χ2v) is 25.5. The molecule has 1 radical (unpaired) electrons. The van der Waals surface area contributed by atoms with Crippen LogP contribution in [0.3, 0.4) is 0 Å². The molecule has 559 valence electrons. The van der Waals surface area contributed by atoms with E-state index in [0.29, 0.717) is 58.0 Å². The molecule has 0 spiro atoms. The van der Waals surface area contributed by atoms with Crippen molar-refractivity contribution in [2.45, 2.75) is 102 Å². The fourth-order valence-electron chi connectivity index (χ4n) is 6.99. The number of pyridine rings is 4. The van der Waals surface area contributed by atoms with Crippen LogP contribution < -0.4 is 30.9 Å². The van der Waals surface area contributed by atoms with Crippen molar-refractivity contribution in [1.29, 1.82) is 9.56 Å². The molecule has 9 N–H and O–H groups in total. The fourth-order valence-corrected chi connectivity index (χ4v) is 7.45. The molecule has 4 aromatic heterocycles. The fraction of sp³-hybridized carbons (Fsp3) is 0.277. The zero-order chi connectivity index (χ0) is 76.7. The van der Waals surface area contributed by atoms with Crippen molar-refractivity contribution < 1.29 is 79.5 Å². The third-order valence-corrected chi connectivity index (χ3v) is 14.0. The van der Waals surface area contributed by atoms with E-state index in [1.54, 1.807) is 113 Å². The van der Waals surface area contributed by atoms with E-state index in [9.17, 15) is 62.2 Å². The van der Waals surface area contributed by atoms with Crippen LogP contribution in [0.2, 0.25) is 0 Å². The second-order valence-electron chi connectivity index (χ2n) is 20.2. The molecule has 6 aromatic rings. The van der Waals surface area contributed by atoms with Crippen molar-refractivity contribution in [3.8, 4) is 0 Å². The van der Waals surface area contributed by atoms with E-state index in [1.807, 2.05) is 50.1 Å². The summed E-state index contributed by atoms with van der Waals surface area (Å²) in [6.07, 6.45) is 6.66. The quantitative estimate of drug-likeness (QED) is 0.00239. The van der Waals surface area contributed by atoms with Crippen LogP contribution in [0.4, 0.5) is 17.5 Å². The molecule has 0 aliphatic heterocycles. The summed E-state index contributed by atoms with van der Waals surface area (Å²) < 4.78 is 44.5. The Hall–Kier alpha value is -9.05. The number of halogens is 3. The Kier molecular flexibility index (Phi) is 54.6. The molecule has 105 heavy (non-hydrogen) atoms. The number of hydroxylamine groups is 1. The van der Waals surface area contributed by atoms with Gasteiger partial charge < -0.3 is 24.2 Å². The van der Waals surface area contributed by atoms with Crippen LogP contribution in [0.15, 0.2) is 137 Å². The molecule has 2 aromatic carbocycles. The van der Waals surface area contributed by atoms with E-state index in [4.69, 9.17) is 27.6 Å². The monoisotopic (exact) mass is 1820 g/mol. The number of alkyl halides is 1. The van der Waals surface area contributed by atoms with Crippen molar-refractivity contribution in [2.75, 3.05) is 34.8 Å². The van der Waals surface area contributed by atoms with Gasteiger partial charge in [-0.2, -0.15) is 20.8 Å². The van der Waals surface area contributed by atoms with Crippen molar-refractivity contribution >= 4 is 213 Å². The first-order valence-corrected chi connectivity index (χ1v) is 36.7. The van der Waals surface area contributed by atoms with E-state index < -0.39 is 44.0 Å². The minimum Gasteiger partial charge on any atom is -0.443 e. The number of ether oxygens (including phenoxy) is 2. The number of amides is 1. The summed E-state index contributed by atoms with van der Waals surface area (Å²) in [5.74, 6) is -1.60. The van der Waals surface area contributed by atoms with Gasteiger partial charge in [0.1, 0.15) is 58.1 Å². The molecule has 2 saturated carbocycles. The predicted octanol–water partition coefficient (Wildman–Crippen LogP) is 9.95. The third-order valence-electron chi connectivity index (χ3n) is 12.0. The summed E-state index contributed by atoms with van der Waals surface area (Å²) in [7, 11) is 2.99. The maximum atomic E-state index is 11.9. The molecule has 8 rings (SSSR count). The Bertz CT molecular complexity index is 3840. The molecular weight excluding hydrogens is 1740 g/mol. The number of nitrogens with one attached hydrogen (secondary N) is 7. The number of hydrazone groups is 3. The molecular formula is C65H80B3I3N15O17S2. The second kappa shape index (κ2) is 57.3. The number of nitrogens with zero attached hydrogens (tertiary/aromatic N) is 7. The molecule has 40 heteroatoms. The van der Waals surface area contributed by atoms with Gasteiger partial charge in [0.05, 0.1) is 17.3 Å². The summed E-state index contributed by atoms with van der Waals surface area (Å²) in [4.78, 5) is 152. The van der Waals surface area contributed by atoms with Crippen molar-refractivity contribution in [1.82, 2.24) is 30.6 Å². The molecule has 0 unspecified atom stereocenters. The van der Waals surface area contributed by atoms with Crippen LogP contribution in [-0.4, -0.2) is 156 Å². The molecule has 32 nitrogen and oxygen atoms in total. The first-order chi connectivity index (χ1) is 48.7. The van der Waals surface area contributed by atoms with Crippen molar-refractivity contribution in [3.63, 3.8) is 0 Å². The van der Waals surface area contributed by atoms with Gasteiger partial charge in [-0.1, -0.05) is 81.1 Å². The summed E-state index contributed by atoms with van der Waals surface area (Å²) in [6.45, 7) is 10.4. The number of carbonyl (C=O) groups excluding carboxylic acids is 12. The van der Waals surface area contributed by atoms with Gasteiger partial charge in [-0.3, -0.25) is 64.4 Å². The van der Waals surface area contributed by atoms with E-state index in [-0.39, 0.29) is 116 Å². The van der Waals surface area contributed by atoms with E-state index >= 15 is 0 Å². The summed E-state index contributed by atoms with van der Waals surface area (Å²) in [6, 6.07) is 26.0. The Labute approximate surface area is 655 Å². The number of aldehydes is 2. The van der Waals surface area contributed by atoms with Crippen LogP contribution in [-0.2, 0) is 66.0 Å². The minimum atomic E-state index is -1.46. The molecule has 1 amide bonds. The number of esters is 2. The minimum absolute atomic E-state index is 0. The number of hydrogen-bond acceptors (Lipinski definition) is 33. The van der Waals surface area contributed by atoms with Gasteiger partial charge in [0.25, 0.3) is 0 Å². The molecule has 2 aliphatic rings. The summed E-state index contributed by atoms with van der Waals surface area (Å²) in [5.41, 5.74) is 16.5. The molecule has 4 heterocycles. The number of ketones is 6. The van der Waals surface area contributed by atoms with Crippen LogP contribution in [0, 0.1) is 9.56 Å². The Morgan fingerprint density at radius 2 is 0.962 bits per heavy atom. The van der Waals surface area contributed by atoms with Gasteiger partial charge in [-0.15, -0.1) is 0 Å². The maximum absolute atomic E-state index is 11.9. The number of anilines is 3. The normalized spacial score (nSPS) is 11.4. The number of rotatable bonds is 24. The molecule has 2 fully saturated rings. The first kappa shape index (κ1) is 100. The van der Waals surface area contributed by atoms with E-state index in [1.165, 1.54) is 65.0 Å². The van der Waals surface area contributed by atoms with E-state index in [2.05, 4.69) is 90.2 Å². The van der Waals surface area contributed by atoms with Crippen molar-refractivity contribution in [3.05, 3.63) is 172 Å². The molecule has 0 bridgehead atoms. The predicted molar refractivity (Wildman–Crippen MR) is 432 cm³/mol. The molecule has 0 atom stereocenters. The Morgan fingerprint density at radius 1 is 0.590 bits per heavy atom. The van der Waals surface area contributed by atoms with Gasteiger partial charge in [-0.25, -0.2) is 37.3 Å². The average molecular weight is 1820 g/mol. The standard InChI is InChI=1S/C16H16BIN4O3.C14H15N3O4.C12H9NO5.C10H13N3O.C9H8BINO3.CH5BINO.3CH4.2HNS/c1-11(23)14-7-8-15(19-10-14)22-20-9-12-3-5-13(6-4-12)16(24)21-17(18)25-2;1-8(2)16-17-12-6-3-9(7-15-12)14(20)21-13-10(18)4-5-11(13)19;14-6-8-2-1-7(5-13-8)12(17)18-11-9(15)3-4-10(11)16;1-7(2)12-13-10-5-4-9(6-11-10)8(3)14;11-15-12-6-10-9(14)8-3-1-7(5-13)2-4-8;1-3(4)2-5;;;;2*1-2/h3-10H,1-2H3,(H,19,22)(H,21,24);3,6-7,13H,4-5H2,1-2H3,(H,15,17);1-2,5-6,11H,3-4H2;4-6H,1-3H3,(H,11,13);1-5,12H,6H2;4H2,1H3;3*1H4;2*1H/b20-9+;;;;;;;;;;. The smallest absolute Gasteiger partial charge is 0.443 e. The molecule has 0 saturated heterocycles. The molecule has 2 aliphatic carbocycles. The van der Waals surface area contributed by atoms with Gasteiger partial charge in [0.15, 0.2) is 41.0 Å². The number of benzene rings is 2. The van der Waals surface area contributed by atoms with Crippen LogP contribution in [0.25, 0.3) is 0 Å². The maximum Gasteiger partial charge on any atom is 0.489 e. The van der Waals surface area contributed by atoms with Gasteiger partial charge in [0, 0.05) is 128 Å². The zero-order valence-electron chi connectivity index (χ0n) is 55.8. The third kappa shape index (κ3) is 40.7. The van der Waals surface area contributed by atoms with Gasteiger partial charge in [0.2, 0.25) is 25.4 Å². The summed E-state index contributed by atoms with van der Waals surface area (Å²) >= 11 is 8.86. The number of nitrogens with two attached hydrogens (primary N) is 1. The zero-order valence-corrected chi connectivity index (χ0v) is 63.9. The number of carbonyl (C=O) groups is 12. The SMILES string of the molecule is C.C.C.CC(=O)c1ccc(NN=C(C)C)nc1.CC(C)=NNc1ccc(C(=O)OC2C(=O)CCC2=O)cn1.CI(N)B=O.COB(I)NC(=O)c1ccc(/C=N/Nc2ccc(C(C)=O)cn2)cc1.N=S.N=S.O=Cc1ccc(C(=O)OC2C(=O)CCC2=O)cn1.O=Cc1ccc(C(=O)[B]CNOI)cc1. The van der Waals surface area contributed by atoms with Crippen LogP contribution in [0.1, 0.15) is 178 Å². The van der Waals surface area contributed by atoms with E-state index in [0.717, 1.165) is 34.5 Å². The number of Topliss-reactive ketones (excluding diaryl/α,β-unsaturated/α-hetero) is 6. The number of hydrogen-bond donors (Lipinski definition) is 8. The Morgan fingerprint density at radius 3 is 1.30 bits per heavy atom. The van der Waals surface area contributed by atoms with Gasteiger partial charge in [-0.05, 0) is 108 Å². The average Bonchev–Trinajstić information content (AvgIpc) is 1.75.